The molecular weight excluding hydrogens is 234 g/mol. The van der Waals surface area contributed by atoms with Gasteiger partial charge in [0, 0.05) is 6.20 Å². The molecule has 0 bridgehead atoms. The van der Waals surface area contributed by atoms with Crippen molar-refractivity contribution in [2.45, 2.75) is 13.0 Å². The molecule has 0 amide bonds. The van der Waals surface area contributed by atoms with Crippen molar-refractivity contribution in [3.63, 3.8) is 0 Å². The molecule has 1 atom stereocenters. The fourth-order valence-corrected chi connectivity index (χ4v) is 2.29. The lowest BCUT2D eigenvalue weighted by Crippen LogP contribution is -2.26. The van der Waals surface area contributed by atoms with Gasteiger partial charge >= 0.3 is 5.97 Å². The first kappa shape index (κ1) is 10.8. The first-order chi connectivity index (χ1) is 8.59. The number of carbonyl (C=O) groups is 1. The molecule has 5 nitrogen and oxygen atoms in total. The van der Waals surface area contributed by atoms with Crippen LogP contribution in [0.3, 0.4) is 0 Å². The first-order valence-electron chi connectivity index (χ1n) is 5.63. The highest BCUT2D eigenvalue weighted by atomic mass is 16.5. The number of pyridine rings is 1. The molecule has 92 valence electrons. The van der Waals surface area contributed by atoms with E-state index in [1.165, 1.54) is 6.20 Å². The molecule has 0 radical (unpaired) electrons. The lowest BCUT2D eigenvalue weighted by atomic mass is 10.1. The van der Waals surface area contributed by atoms with Gasteiger partial charge in [-0.1, -0.05) is 6.07 Å². The molecule has 18 heavy (non-hydrogen) atoms. The van der Waals surface area contributed by atoms with Crippen LogP contribution in [0.1, 0.15) is 23.3 Å². The highest BCUT2D eigenvalue weighted by molar-refractivity contribution is 5.94. The molecule has 0 saturated carbocycles. The number of benzene rings is 1. The van der Waals surface area contributed by atoms with Gasteiger partial charge in [0.25, 0.3) is 0 Å². The molecule has 1 aliphatic heterocycles. The van der Waals surface area contributed by atoms with Gasteiger partial charge in [-0.3, -0.25) is 4.79 Å². The van der Waals surface area contributed by atoms with Crippen LogP contribution in [0.15, 0.2) is 29.2 Å². The minimum Gasteiger partial charge on any atom is -0.489 e. The maximum Gasteiger partial charge on any atom is 0.341 e. The Kier molecular flexibility index (Phi) is 2.16. The molecule has 3 rings (SSSR count). The maximum atomic E-state index is 12.1. The smallest absolute Gasteiger partial charge is 0.341 e. The van der Waals surface area contributed by atoms with Gasteiger partial charge in [0.1, 0.15) is 17.9 Å². The van der Waals surface area contributed by atoms with Gasteiger partial charge in [-0.05, 0) is 19.1 Å². The standard InChI is InChI=1S/C13H11NO4/c1-7-6-18-10-4-2-3-8-11(10)14(7)5-9(12(8)15)13(16)17/h2-5,7H,6H2,1H3,(H,16,17). The van der Waals surface area contributed by atoms with E-state index in [2.05, 4.69) is 0 Å². The third-order valence-corrected chi connectivity index (χ3v) is 3.20. The van der Waals surface area contributed by atoms with Crippen molar-refractivity contribution in [2.24, 2.45) is 0 Å². The summed E-state index contributed by atoms with van der Waals surface area (Å²) in [6.45, 7) is 2.39. The number of carboxylic acids is 1. The van der Waals surface area contributed by atoms with E-state index in [0.29, 0.717) is 23.3 Å². The van der Waals surface area contributed by atoms with Gasteiger partial charge in [0.15, 0.2) is 0 Å². The summed E-state index contributed by atoms with van der Waals surface area (Å²) in [6.07, 6.45) is 1.41. The molecule has 2 aromatic rings. The van der Waals surface area contributed by atoms with Crippen molar-refractivity contribution in [1.29, 1.82) is 0 Å². The van der Waals surface area contributed by atoms with Crippen molar-refractivity contribution in [2.75, 3.05) is 6.61 Å². The van der Waals surface area contributed by atoms with E-state index in [-0.39, 0.29) is 11.6 Å². The summed E-state index contributed by atoms with van der Waals surface area (Å²) in [6, 6.07) is 5.11. The minimum atomic E-state index is -1.20. The molecule has 1 aliphatic rings. The van der Waals surface area contributed by atoms with Gasteiger partial charge in [-0.2, -0.15) is 0 Å². The number of ether oxygens (including phenoxy) is 1. The van der Waals surface area contributed by atoms with Crippen LogP contribution in [-0.4, -0.2) is 22.2 Å². The monoisotopic (exact) mass is 245 g/mol. The Bertz CT molecular complexity index is 717. The van der Waals surface area contributed by atoms with Crippen LogP contribution >= 0.6 is 0 Å². The van der Waals surface area contributed by atoms with Crippen molar-refractivity contribution in [3.05, 3.63) is 40.2 Å². The Morgan fingerprint density at radius 3 is 3.00 bits per heavy atom. The second kappa shape index (κ2) is 3.60. The van der Waals surface area contributed by atoms with Crippen molar-refractivity contribution >= 4 is 16.9 Å². The summed E-state index contributed by atoms with van der Waals surface area (Å²) in [4.78, 5) is 23.2. The fraction of sp³-hybridized carbons (Fsp3) is 0.231. The highest BCUT2D eigenvalue weighted by Gasteiger charge is 2.22. The predicted molar refractivity (Wildman–Crippen MR) is 65.4 cm³/mol. The molecule has 1 aromatic heterocycles. The van der Waals surface area contributed by atoms with E-state index >= 15 is 0 Å². The summed E-state index contributed by atoms with van der Waals surface area (Å²) in [7, 11) is 0. The molecule has 2 heterocycles. The third kappa shape index (κ3) is 1.33. The number of rotatable bonds is 1. The number of para-hydroxylation sites is 1. The van der Waals surface area contributed by atoms with E-state index in [1.54, 1.807) is 22.8 Å². The van der Waals surface area contributed by atoms with Crippen molar-refractivity contribution in [1.82, 2.24) is 4.57 Å². The maximum absolute atomic E-state index is 12.1. The molecule has 1 aromatic carbocycles. The van der Waals surface area contributed by atoms with Crippen LogP contribution in [0, 0.1) is 0 Å². The summed E-state index contributed by atoms with van der Waals surface area (Å²) < 4.78 is 7.36. The van der Waals surface area contributed by atoms with Gasteiger partial charge < -0.3 is 14.4 Å². The summed E-state index contributed by atoms with van der Waals surface area (Å²) >= 11 is 0. The van der Waals surface area contributed by atoms with Crippen LogP contribution in [0.4, 0.5) is 0 Å². The molecule has 0 aliphatic carbocycles. The normalized spacial score (nSPS) is 17.5. The average Bonchev–Trinajstić information content (AvgIpc) is 2.35. The molecule has 5 heteroatoms. The van der Waals surface area contributed by atoms with E-state index < -0.39 is 11.4 Å². The molecule has 0 spiro atoms. The van der Waals surface area contributed by atoms with Gasteiger partial charge in [-0.15, -0.1) is 0 Å². The van der Waals surface area contributed by atoms with Crippen LogP contribution < -0.4 is 10.2 Å². The second-order valence-electron chi connectivity index (χ2n) is 4.40. The largest absolute Gasteiger partial charge is 0.489 e. The van der Waals surface area contributed by atoms with E-state index in [4.69, 9.17) is 9.84 Å². The van der Waals surface area contributed by atoms with Gasteiger partial charge in [0.05, 0.1) is 16.9 Å². The second-order valence-corrected chi connectivity index (χ2v) is 4.40. The predicted octanol–water partition coefficient (Wildman–Crippen LogP) is 1.65. The zero-order valence-electron chi connectivity index (χ0n) is 9.71. The molecule has 1 N–H and O–H groups in total. The van der Waals surface area contributed by atoms with Crippen molar-refractivity contribution < 1.29 is 14.6 Å². The molecule has 0 saturated heterocycles. The quantitative estimate of drug-likeness (QED) is 0.829. The number of carboxylic acid groups (broad SMARTS) is 1. The van der Waals surface area contributed by atoms with E-state index in [0.717, 1.165) is 0 Å². The number of hydrogen-bond acceptors (Lipinski definition) is 3. The number of aromatic carboxylic acids is 1. The number of nitrogens with zero attached hydrogens (tertiary/aromatic N) is 1. The molecule has 1 unspecified atom stereocenters. The van der Waals surface area contributed by atoms with E-state index in [9.17, 15) is 9.59 Å². The minimum absolute atomic E-state index is 0.00102. The number of aromatic nitrogens is 1. The first-order valence-corrected chi connectivity index (χ1v) is 5.63. The highest BCUT2D eigenvalue weighted by Crippen LogP contribution is 2.31. The van der Waals surface area contributed by atoms with Crippen LogP contribution in [0.5, 0.6) is 5.75 Å². The van der Waals surface area contributed by atoms with Crippen LogP contribution in [-0.2, 0) is 0 Å². The summed E-state index contributed by atoms with van der Waals surface area (Å²) in [5, 5.41) is 9.46. The van der Waals surface area contributed by atoms with Crippen LogP contribution in [0.2, 0.25) is 0 Å². The SMILES string of the molecule is CC1COc2cccc3c(=O)c(C(=O)O)cn1c23. The zero-order valence-corrected chi connectivity index (χ0v) is 9.71. The van der Waals surface area contributed by atoms with Gasteiger partial charge in [-0.25, -0.2) is 4.79 Å². The lowest BCUT2D eigenvalue weighted by molar-refractivity contribution is 0.0694. The van der Waals surface area contributed by atoms with Gasteiger partial charge in [0.2, 0.25) is 5.43 Å². The Balaban J connectivity index is 2.52. The fourth-order valence-electron chi connectivity index (χ4n) is 2.29. The van der Waals surface area contributed by atoms with Crippen LogP contribution in [0.25, 0.3) is 10.9 Å². The molecule has 0 fully saturated rings. The Hall–Kier alpha value is -2.30. The topological polar surface area (TPSA) is 68.5 Å². The van der Waals surface area contributed by atoms with E-state index in [1.807, 2.05) is 6.92 Å². The third-order valence-electron chi connectivity index (χ3n) is 3.20. The summed E-state index contributed by atoms with van der Waals surface area (Å²) in [5.41, 5.74) is 0.00736. The summed E-state index contributed by atoms with van der Waals surface area (Å²) in [5.74, 6) is -0.575. The Morgan fingerprint density at radius 2 is 2.28 bits per heavy atom. The van der Waals surface area contributed by atoms with Crippen molar-refractivity contribution in [3.8, 4) is 5.75 Å². The molecular formula is C13H11NO4. The lowest BCUT2D eigenvalue weighted by Gasteiger charge is -2.26. The average molecular weight is 245 g/mol. The zero-order chi connectivity index (χ0) is 12.9. The Morgan fingerprint density at radius 1 is 1.50 bits per heavy atom. The Labute approximate surface area is 102 Å². The number of hydrogen-bond donors (Lipinski definition) is 1.